The fourth-order valence-electron chi connectivity index (χ4n) is 6.22. The number of fused-ring (bicyclic) bond motifs is 1. The van der Waals surface area contributed by atoms with Gasteiger partial charge in [-0.25, -0.2) is 4.57 Å². The van der Waals surface area contributed by atoms with Crippen LogP contribution in [0.4, 0.5) is 5.69 Å². The fourth-order valence-corrected chi connectivity index (χ4v) is 6.22. The average molecular weight is 537 g/mol. The number of ether oxygens (including phenoxy) is 2. The largest absolute Gasteiger partial charge is 0.481 e. The number of carbonyl (C=O) groups is 2. The van der Waals surface area contributed by atoms with Crippen LogP contribution in [-0.2, 0) is 16.6 Å². The first-order valence-corrected chi connectivity index (χ1v) is 13.8. The molecular weight excluding hydrogens is 494 g/mol. The van der Waals surface area contributed by atoms with Crippen LogP contribution in [0.2, 0.25) is 0 Å². The number of likely N-dealkylation sites (tertiary alicyclic amines) is 1. The molecule has 0 spiro atoms. The molecule has 1 aromatic heterocycles. The van der Waals surface area contributed by atoms with Crippen molar-refractivity contribution in [1.82, 2.24) is 4.90 Å². The van der Waals surface area contributed by atoms with Crippen LogP contribution in [0.1, 0.15) is 58.9 Å². The van der Waals surface area contributed by atoms with Gasteiger partial charge in [-0.1, -0.05) is 38.5 Å². The number of pyridine rings is 1. The van der Waals surface area contributed by atoms with Gasteiger partial charge in [0.25, 0.3) is 0 Å². The molecule has 2 aliphatic heterocycles. The summed E-state index contributed by atoms with van der Waals surface area (Å²) in [6.45, 7) is 11.8. The van der Waals surface area contributed by atoms with E-state index >= 15 is 0 Å². The summed E-state index contributed by atoms with van der Waals surface area (Å²) in [5.41, 5.74) is 2.69. The van der Waals surface area contributed by atoms with Crippen molar-refractivity contribution >= 4 is 17.6 Å². The number of carbonyl (C=O) groups excluding carboxylic acids is 1. The molecule has 0 bridgehead atoms. The van der Waals surface area contributed by atoms with E-state index in [1.54, 1.807) is 0 Å². The highest BCUT2D eigenvalue weighted by Gasteiger charge is 2.49. The van der Waals surface area contributed by atoms with Crippen LogP contribution < -0.4 is 18.9 Å². The summed E-state index contributed by atoms with van der Waals surface area (Å²) >= 11 is 0. The Morgan fingerprint density at radius 2 is 1.95 bits per heavy atom. The van der Waals surface area contributed by atoms with Crippen molar-refractivity contribution in [2.45, 2.75) is 59.4 Å². The van der Waals surface area contributed by atoms with Crippen LogP contribution >= 0.6 is 0 Å². The number of rotatable bonds is 10. The van der Waals surface area contributed by atoms with E-state index in [2.05, 4.69) is 45.6 Å². The highest BCUT2D eigenvalue weighted by Crippen LogP contribution is 2.45. The number of benzene rings is 1. The molecule has 0 radical (unpaired) electrons. The van der Waals surface area contributed by atoms with Gasteiger partial charge in [-0.2, -0.15) is 0 Å². The molecule has 210 valence electrons. The second kappa shape index (κ2) is 11.8. The molecule has 39 heavy (non-hydrogen) atoms. The van der Waals surface area contributed by atoms with Crippen molar-refractivity contribution in [2.75, 3.05) is 31.3 Å². The zero-order chi connectivity index (χ0) is 28.3. The predicted molar refractivity (Wildman–Crippen MR) is 150 cm³/mol. The monoisotopic (exact) mass is 536 g/mol. The number of allylic oxidation sites excluding steroid dienone is 2. The molecule has 1 N–H and O–H groups in total. The van der Waals surface area contributed by atoms with Crippen molar-refractivity contribution in [1.29, 1.82) is 0 Å². The van der Waals surface area contributed by atoms with Gasteiger partial charge in [0.15, 0.2) is 23.9 Å². The van der Waals surface area contributed by atoms with E-state index in [-0.39, 0.29) is 36.6 Å². The Morgan fingerprint density at radius 1 is 1.21 bits per heavy atom. The normalized spacial score (nSPS) is 20.6. The average Bonchev–Trinajstić information content (AvgIpc) is 3.45. The molecule has 1 saturated heterocycles. The number of aromatic nitrogens is 1. The molecular formula is C31H42N3O5+. The van der Waals surface area contributed by atoms with Crippen molar-refractivity contribution in [3.63, 3.8) is 0 Å². The minimum absolute atomic E-state index is 0.0245. The number of hydrogen-bond donors (Lipinski definition) is 1. The highest BCUT2D eigenvalue weighted by molar-refractivity contribution is 5.94. The Labute approximate surface area is 231 Å². The first kappa shape index (κ1) is 28.6. The van der Waals surface area contributed by atoms with E-state index in [1.165, 1.54) is 5.57 Å². The minimum Gasteiger partial charge on any atom is -0.481 e. The van der Waals surface area contributed by atoms with Gasteiger partial charge in [-0.05, 0) is 55.9 Å². The van der Waals surface area contributed by atoms with Crippen LogP contribution in [0.3, 0.4) is 0 Å². The molecule has 8 nitrogen and oxygen atoms in total. The summed E-state index contributed by atoms with van der Waals surface area (Å²) in [7, 11) is 1.94. The summed E-state index contributed by atoms with van der Waals surface area (Å²) in [5.74, 6) is -0.514. The van der Waals surface area contributed by atoms with E-state index in [9.17, 15) is 14.7 Å². The lowest BCUT2D eigenvalue weighted by Gasteiger charge is -2.34. The fraction of sp³-hybridized carbons (Fsp3) is 0.516. The van der Waals surface area contributed by atoms with Gasteiger partial charge in [0.1, 0.15) is 12.7 Å². The maximum atomic E-state index is 13.8. The van der Waals surface area contributed by atoms with Crippen LogP contribution in [0.5, 0.6) is 11.5 Å². The molecule has 0 saturated carbocycles. The van der Waals surface area contributed by atoms with E-state index in [4.69, 9.17) is 9.47 Å². The smallest absolute Gasteiger partial charge is 0.308 e. The van der Waals surface area contributed by atoms with Crippen LogP contribution in [0.15, 0.2) is 54.4 Å². The molecule has 8 heteroatoms. The first-order valence-electron chi connectivity index (χ1n) is 13.8. The molecule has 0 aliphatic carbocycles. The van der Waals surface area contributed by atoms with E-state index in [1.807, 2.05) is 59.2 Å². The first-order chi connectivity index (χ1) is 18.5. The minimum atomic E-state index is -0.842. The van der Waals surface area contributed by atoms with Crippen LogP contribution in [0, 0.1) is 11.3 Å². The quantitative estimate of drug-likeness (QED) is 0.355. The lowest BCUT2D eigenvalue weighted by Crippen LogP contribution is -2.46. The molecule has 1 aromatic carbocycles. The molecule has 2 aliphatic rings. The van der Waals surface area contributed by atoms with Crippen molar-refractivity contribution in [2.24, 2.45) is 18.4 Å². The number of amides is 1. The molecule has 2 aromatic rings. The number of carboxylic acids is 1. The highest BCUT2D eigenvalue weighted by atomic mass is 16.7. The molecule has 4 rings (SSSR count). The maximum absolute atomic E-state index is 13.8. The lowest BCUT2D eigenvalue weighted by molar-refractivity contribution is -0.670. The van der Waals surface area contributed by atoms with E-state index in [0.717, 1.165) is 17.7 Å². The Hall–Kier alpha value is -3.39. The summed E-state index contributed by atoms with van der Waals surface area (Å²) in [5, 5.41) is 10.5. The SMILES string of the molecule is CCCN(C(=O)CN1C[C@H](c2ccc3c(c2)OCO3)[C@@H](C(=O)O)[C@@H]1CC(C)(C)C=C(C)C)c1ccc[n+](C)c1. The van der Waals surface area contributed by atoms with Gasteiger partial charge in [-0.3, -0.25) is 14.5 Å². The van der Waals surface area contributed by atoms with E-state index < -0.39 is 11.9 Å². The third-order valence-corrected chi connectivity index (χ3v) is 7.60. The molecule has 3 atom stereocenters. The number of anilines is 1. The number of nitrogens with zero attached hydrogens (tertiary/aromatic N) is 3. The number of carboxylic acid groups (broad SMARTS) is 1. The third-order valence-electron chi connectivity index (χ3n) is 7.60. The Morgan fingerprint density at radius 3 is 2.62 bits per heavy atom. The van der Waals surface area contributed by atoms with Crippen molar-refractivity contribution < 1.29 is 28.7 Å². The maximum Gasteiger partial charge on any atom is 0.308 e. The predicted octanol–water partition coefficient (Wildman–Crippen LogP) is 4.53. The zero-order valence-electron chi connectivity index (χ0n) is 24.0. The number of hydrogen-bond acceptors (Lipinski definition) is 5. The third kappa shape index (κ3) is 6.61. The van der Waals surface area contributed by atoms with Gasteiger partial charge in [0.2, 0.25) is 12.7 Å². The van der Waals surface area contributed by atoms with E-state index in [0.29, 0.717) is 31.0 Å². The summed E-state index contributed by atoms with van der Waals surface area (Å²) < 4.78 is 13.0. The zero-order valence-corrected chi connectivity index (χ0v) is 24.0. The Bertz CT molecular complexity index is 1240. The van der Waals surface area contributed by atoms with Crippen molar-refractivity contribution in [3.05, 3.63) is 59.9 Å². The number of aliphatic carboxylic acids is 1. The Balaban J connectivity index is 1.69. The second-order valence-corrected chi connectivity index (χ2v) is 11.8. The summed E-state index contributed by atoms with van der Waals surface area (Å²) in [4.78, 5) is 30.6. The topological polar surface area (TPSA) is 83.2 Å². The Kier molecular flexibility index (Phi) is 8.64. The van der Waals surface area contributed by atoms with Crippen LogP contribution in [-0.4, -0.2) is 54.4 Å². The van der Waals surface area contributed by atoms with Gasteiger partial charge >= 0.3 is 5.97 Å². The molecule has 3 heterocycles. The van der Waals surface area contributed by atoms with Gasteiger partial charge in [0, 0.05) is 31.1 Å². The summed E-state index contributed by atoms with van der Waals surface area (Å²) in [6.07, 6.45) is 7.53. The van der Waals surface area contributed by atoms with Gasteiger partial charge < -0.3 is 19.5 Å². The molecule has 1 amide bonds. The van der Waals surface area contributed by atoms with Gasteiger partial charge in [-0.15, -0.1) is 0 Å². The number of aryl methyl sites for hydroxylation is 1. The summed E-state index contributed by atoms with van der Waals surface area (Å²) in [6, 6.07) is 9.25. The van der Waals surface area contributed by atoms with Gasteiger partial charge in [0.05, 0.1) is 12.5 Å². The van der Waals surface area contributed by atoms with Crippen LogP contribution in [0.25, 0.3) is 0 Å². The molecule has 0 unspecified atom stereocenters. The molecule has 1 fully saturated rings. The lowest BCUT2D eigenvalue weighted by atomic mass is 9.77. The standard InChI is InChI=1S/C31H41N3O5/c1-7-12-34(23-9-8-13-32(6)17-23)28(35)19-33-18-24(22-10-11-26-27(14-22)39-20-38-26)29(30(36)37)25(33)16-31(4,5)15-21(2)3/h8-11,13-15,17,24-25,29H,7,12,16,18-20H2,1-6H3/p+1/t24-,25+,29-/m1/s1. The second-order valence-electron chi connectivity index (χ2n) is 11.8. The van der Waals surface area contributed by atoms with Crippen molar-refractivity contribution in [3.8, 4) is 11.5 Å².